The molecule has 0 bridgehead atoms. The van der Waals surface area contributed by atoms with Crippen LogP contribution in [0.15, 0.2) is 30.3 Å². The van der Waals surface area contributed by atoms with Crippen molar-refractivity contribution in [3.63, 3.8) is 0 Å². The zero-order chi connectivity index (χ0) is 12.7. The summed E-state index contributed by atoms with van der Waals surface area (Å²) in [6.07, 6.45) is 0.975. The van der Waals surface area contributed by atoms with Gasteiger partial charge in [-0.25, -0.2) is 0 Å². The van der Waals surface area contributed by atoms with Crippen molar-refractivity contribution in [2.75, 3.05) is 0 Å². The molecule has 1 aliphatic rings. The topological polar surface area (TPSA) is 9.23 Å². The van der Waals surface area contributed by atoms with Gasteiger partial charge in [0.25, 0.3) is 0 Å². The minimum Gasteiger partial charge on any atom is -0.402 e. The van der Waals surface area contributed by atoms with Gasteiger partial charge in [-0.1, -0.05) is 53.7 Å². The van der Waals surface area contributed by atoms with Crippen molar-refractivity contribution in [3.05, 3.63) is 30.3 Å². The van der Waals surface area contributed by atoms with Gasteiger partial charge in [0, 0.05) is 0 Å². The fraction of sp³-hybridized carbons (Fsp3) is 0.538. The van der Waals surface area contributed by atoms with Crippen LogP contribution in [0.4, 0.5) is 0 Å². The van der Waals surface area contributed by atoms with Crippen LogP contribution >= 0.6 is 11.6 Å². The van der Waals surface area contributed by atoms with E-state index in [1.54, 1.807) is 0 Å². The average Bonchev–Trinajstić information content (AvgIpc) is 2.24. The van der Waals surface area contributed by atoms with E-state index in [1.807, 2.05) is 6.92 Å². The minimum atomic E-state index is -1.71. The second-order valence-electron chi connectivity index (χ2n) is 5.91. The molecule has 1 saturated heterocycles. The van der Waals surface area contributed by atoms with Gasteiger partial charge < -0.3 is 4.43 Å². The van der Waals surface area contributed by atoms with E-state index >= 15 is 0 Å². The summed E-state index contributed by atoms with van der Waals surface area (Å²) in [6.45, 7) is 9.17. The molecule has 0 saturated carbocycles. The second kappa shape index (κ2) is 4.23. The fourth-order valence-corrected chi connectivity index (χ4v) is 14.8. The van der Waals surface area contributed by atoms with Gasteiger partial charge in [-0.3, -0.25) is 0 Å². The lowest BCUT2D eigenvalue weighted by Gasteiger charge is -2.50. The van der Waals surface area contributed by atoms with Crippen LogP contribution in [-0.4, -0.2) is 20.5 Å². The Kier molecular flexibility index (Phi) is 3.32. The highest BCUT2D eigenvalue weighted by Gasteiger charge is 2.54. The zero-order valence-electron chi connectivity index (χ0n) is 11.1. The zero-order valence-corrected chi connectivity index (χ0v) is 13.8. The highest BCUT2D eigenvalue weighted by molar-refractivity contribution is 7.44. The molecule has 1 aromatic rings. The Morgan fingerprint density at radius 1 is 1.18 bits per heavy atom. The lowest BCUT2D eigenvalue weighted by Crippen LogP contribution is -2.71. The molecule has 17 heavy (non-hydrogen) atoms. The van der Waals surface area contributed by atoms with Crippen molar-refractivity contribution < 1.29 is 4.43 Å². The summed E-state index contributed by atoms with van der Waals surface area (Å²) in [7, 11) is -3.21. The van der Waals surface area contributed by atoms with Crippen molar-refractivity contribution >= 4 is 32.2 Å². The summed E-state index contributed by atoms with van der Waals surface area (Å²) >= 11 is 6.41. The molecule has 1 aromatic carbocycles. The third-order valence-electron chi connectivity index (χ3n) is 4.28. The van der Waals surface area contributed by atoms with E-state index in [0.717, 1.165) is 6.42 Å². The predicted octanol–water partition coefficient (Wildman–Crippen LogP) is 3.63. The van der Waals surface area contributed by atoms with Crippen LogP contribution in [0.5, 0.6) is 0 Å². The van der Waals surface area contributed by atoms with Gasteiger partial charge in [-0.15, -0.1) is 0 Å². The third-order valence-corrected chi connectivity index (χ3v) is 21.0. The molecule has 1 heterocycles. The Morgan fingerprint density at radius 3 is 2.29 bits per heavy atom. The molecule has 0 radical (unpaired) electrons. The Hall–Kier alpha value is -0.0962. The van der Waals surface area contributed by atoms with Crippen molar-refractivity contribution in [1.29, 1.82) is 0 Å². The first-order valence-corrected chi connectivity index (χ1v) is 13.2. The summed E-state index contributed by atoms with van der Waals surface area (Å²) in [4.78, 5) is 0. The number of benzene rings is 1. The first-order valence-electron chi connectivity index (χ1n) is 6.22. The molecule has 2 unspecified atom stereocenters. The quantitative estimate of drug-likeness (QED) is 0.565. The smallest absolute Gasteiger partial charge is 0.181 e. The molecule has 0 aromatic heterocycles. The molecule has 0 amide bonds. The first-order chi connectivity index (χ1) is 7.77. The van der Waals surface area contributed by atoms with Crippen LogP contribution in [0, 0.1) is 0 Å². The van der Waals surface area contributed by atoms with Crippen LogP contribution in [0.3, 0.4) is 0 Å². The number of rotatable bonds is 1. The molecule has 0 N–H and O–H groups in total. The fourth-order valence-electron chi connectivity index (χ4n) is 2.77. The van der Waals surface area contributed by atoms with Gasteiger partial charge in [-0.05, 0) is 32.5 Å². The number of alkyl halides is 1. The van der Waals surface area contributed by atoms with E-state index in [1.165, 1.54) is 11.2 Å². The first kappa shape index (κ1) is 13.3. The average molecular weight is 285 g/mol. The summed E-state index contributed by atoms with van der Waals surface area (Å²) in [5.74, 6) is 0. The lowest BCUT2D eigenvalue weighted by molar-refractivity contribution is 0.162. The third kappa shape index (κ3) is 2.38. The summed E-state index contributed by atoms with van der Waals surface area (Å²) in [6, 6.07) is 12.2. The maximum atomic E-state index is 6.41. The van der Waals surface area contributed by atoms with Crippen LogP contribution in [-0.2, 0) is 4.43 Å². The molecule has 1 aliphatic heterocycles. The SMILES string of the molecule is CC1(Cl)CC[Si](C)(c2ccccc2)[Si](C)(C)O1. The molecule has 0 spiro atoms. The van der Waals surface area contributed by atoms with Crippen molar-refractivity contribution in [2.45, 2.75) is 44.1 Å². The monoisotopic (exact) mass is 284 g/mol. The van der Waals surface area contributed by atoms with Crippen LogP contribution in [0.2, 0.25) is 25.7 Å². The summed E-state index contributed by atoms with van der Waals surface area (Å²) in [5, 5.41) is 1.10. The largest absolute Gasteiger partial charge is 0.402 e. The highest BCUT2D eigenvalue weighted by atomic mass is 35.5. The van der Waals surface area contributed by atoms with Gasteiger partial charge in [0.2, 0.25) is 0 Å². The van der Waals surface area contributed by atoms with Crippen molar-refractivity contribution in [3.8, 4) is 0 Å². The number of hydrogen-bond donors (Lipinski definition) is 0. The molecule has 4 heteroatoms. The Balaban J connectivity index is 2.39. The summed E-state index contributed by atoms with van der Waals surface area (Å²) < 4.78 is 6.30. The molecule has 1 nitrogen and oxygen atoms in total. The van der Waals surface area contributed by atoms with E-state index in [-0.39, 0.29) is 0 Å². The normalized spacial score (nSPS) is 36.8. The van der Waals surface area contributed by atoms with Crippen molar-refractivity contribution in [1.82, 2.24) is 0 Å². The molecule has 2 rings (SSSR count). The second-order valence-corrected chi connectivity index (χ2v) is 20.6. The van der Waals surface area contributed by atoms with Crippen LogP contribution < -0.4 is 5.19 Å². The van der Waals surface area contributed by atoms with E-state index in [9.17, 15) is 0 Å². The number of hydrogen-bond acceptors (Lipinski definition) is 1. The van der Waals surface area contributed by atoms with Gasteiger partial charge in [0.15, 0.2) is 7.83 Å². The van der Waals surface area contributed by atoms with Gasteiger partial charge >= 0.3 is 0 Å². The molecule has 0 aliphatic carbocycles. The Bertz CT molecular complexity index is 405. The van der Waals surface area contributed by atoms with E-state index in [0.29, 0.717) is 0 Å². The lowest BCUT2D eigenvalue weighted by atomic mass is 10.3. The number of halogens is 1. The standard InChI is InChI=1S/C13H21ClOSi2/c1-13(14)10-11-17(4,16(2,3)15-13)12-8-6-5-7-9-12/h5-9H,10-11H2,1-4H3. The van der Waals surface area contributed by atoms with Crippen LogP contribution in [0.1, 0.15) is 13.3 Å². The van der Waals surface area contributed by atoms with E-state index in [2.05, 4.69) is 50.0 Å². The molecule has 94 valence electrons. The van der Waals surface area contributed by atoms with E-state index < -0.39 is 20.5 Å². The van der Waals surface area contributed by atoms with Crippen LogP contribution in [0.25, 0.3) is 0 Å². The van der Waals surface area contributed by atoms with Crippen molar-refractivity contribution in [2.24, 2.45) is 0 Å². The van der Waals surface area contributed by atoms with E-state index in [4.69, 9.17) is 16.0 Å². The van der Waals surface area contributed by atoms with Gasteiger partial charge in [-0.2, -0.15) is 0 Å². The molecular formula is C13H21ClOSi2. The predicted molar refractivity (Wildman–Crippen MR) is 79.9 cm³/mol. The molecule has 1 fully saturated rings. The maximum Gasteiger partial charge on any atom is 0.181 e. The maximum absolute atomic E-state index is 6.41. The molecular weight excluding hydrogens is 264 g/mol. The summed E-state index contributed by atoms with van der Waals surface area (Å²) in [5.41, 5.74) is 0. The Labute approximate surface area is 111 Å². The minimum absolute atomic E-state index is 0.434. The van der Waals surface area contributed by atoms with Gasteiger partial charge in [0.1, 0.15) is 12.7 Å². The van der Waals surface area contributed by atoms with Gasteiger partial charge in [0.05, 0.1) is 0 Å². The highest BCUT2D eigenvalue weighted by Crippen LogP contribution is 2.40. The Morgan fingerprint density at radius 2 is 1.76 bits per heavy atom. The molecule has 2 atom stereocenters.